The lowest BCUT2D eigenvalue weighted by molar-refractivity contribution is -0.139. The van der Waals surface area contributed by atoms with Crippen molar-refractivity contribution in [2.45, 2.75) is 40.0 Å². The van der Waals surface area contributed by atoms with Gasteiger partial charge in [-0.25, -0.2) is 0 Å². The average Bonchev–Trinajstić information content (AvgIpc) is 2.57. The number of carboxylic acid groups (broad SMARTS) is 1. The second kappa shape index (κ2) is 6.37. The number of hydrogen-bond acceptors (Lipinski definition) is 3. The van der Waals surface area contributed by atoms with Crippen LogP contribution >= 0.6 is 0 Å². The van der Waals surface area contributed by atoms with Crippen LogP contribution in [0.5, 0.6) is 11.5 Å². The van der Waals surface area contributed by atoms with E-state index in [1.807, 2.05) is 32.0 Å². The standard InChI is InChI=1S/C17H24O4/c1-12-10-20-14-5-4-13(8-15(14)21-11-12)6-7-17(2,3)9-16(18)19/h4-5,8,12H,6-7,9-11H2,1-3H3,(H,18,19). The molecule has 1 aliphatic heterocycles. The van der Waals surface area contributed by atoms with Crippen LogP contribution in [0.3, 0.4) is 0 Å². The van der Waals surface area contributed by atoms with E-state index in [-0.39, 0.29) is 11.8 Å². The molecule has 1 aliphatic rings. The van der Waals surface area contributed by atoms with E-state index in [0.717, 1.165) is 29.9 Å². The Labute approximate surface area is 126 Å². The minimum atomic E-state index is -0.743. The second-order valence-electron chi connectivity index (χ2n) is 6.74. The van der Waals surface area contributed by atoms with Gasteiger partial charge in [-0.2, -0.15) is 0 Å². The quantitative estimate of drug-likeness (QED) is 0.902. The van der Waals surface area contributed by atoms with Gasteiger partial charge in [0.1, 0.15) is 0 Å². The van der Waals surface area contributed by atoms with E-state index in [1.54, 1.807) is 0 Å². The summed E-state index contributed by atoms with van der Waals surface area (Å²) in [6, 6.07) is 6.01. The highest BCUT2D eigenvalue weighted by Crippen LogP contribution is 2.33. The molecule has 0 radical (unpaired) electrons. The van der Waals surface area contributed by atoms with E-state index in [4.69, 9.17) is 14.6 Å². The van der Waals surface area contributed by atoms with Crippen molar-refractivity contribution >= 4 is 5.97 Å². The molecule has 1 unspecified atom stereocenters. The van der Waals surface area contributed by atoms with Gasteiger partial charge in [-0.3, -0.25) is 4.79 Å². The first-order chi connectivity index (χ1) is 9.85. The smallest absolute Gasteiger partial charge is 0.303 e. The zero-order valence-corrected chi connectivity index (χ0v) is 13.0. The Kier molecular flexibility index (Phi) is 4.76. The minimum absolute atomic E-state index is 0.190. The van der Waals surface area contributed by atoms with E-state index in [9.17, 15) is 4.79 Å². The van der Waals surface area contributed by atoms with Crippen LogP contribution in [0.25, 0.3) is 0 Å². The molecule has 4 heteroatoms. The summed E-state index contributed by atoms with van der Waals surface area (Å²) in [5.74, 6) is 1.24. The summed E-state index contributed by atoms with van der Waals surface area (Å²) >= 11 is 0. The zero-order valence-electron chi connectivity index (χ0n) is 13.0. The molecule has 0 amide bonds. The van der Waals surface area contributed by atoms with Crippen LogP contribution in [-0.4, -0.2) is 24.3 Å². The van der Waals surface area contributed by atoms with Crippen molar-refractivity contribution in [2.75, 3.05) is 13.2 Å². The molecular weight excluding hydrogens is 268 g/mol. The monoisotopic (exact) mass is 292 g/mol. The molecule has 0 saturated heterocycles. The highest BCUT2D eigenvalue weighted by molar-refractivity contribution is 5.67. The number of ether oxygens (including phenoxy) is 2. The van der Waals surface area contributed by atoms with Crippen molar-refractivity contribution in [1.29, 1.82) is 0 Å². The number of fused-ring (bicyclic) bond motifs is 1. The Morgan fingerprint density at radius 1 is 1.29 bits per heavy atom. The summed E-state index contributed by atoms with van der Waals surface area (Å²) in [5, 5.41) is 8.92. The summed E-state index contributed by atoms with van der Waals surface area (Å²) in [6.07, 6.45) is 1.86. The van der Waals surface area contributed by atoms with Crippen LogP contribution < -0.4 is 9.47 Å². The second-order valence-corrected chi connectivity index (χ2v) is 6.74. The maximum absolute atomic E-state index is 10.9. The highest BCUT2D eigenvalue weighted by Gasteiger charge is 2.22. The lowest BCUT2D eigenvalue weighted by Crippen LogP contribution is -2.17. The predicted octanol–water partition coefficient (Wildman–Crippen LogP) is 3.53. The molecule has 0 saturated carbocycles. The Morgan fingerprint density at radius 3 is 2.62 bits per heavy atom. The van der Waals surface area contributed by atoms with E-state index in [0.29, 0.717) is 19.1 Å². The Morgan fingerprint density at radius 2 is 1.95 bits per heavy atom. The number of aryl methyl sites for hydroxylation is 1. The summed E-state index contributed by atoms with van der Waals surface area (Å²) < 4.78 is 11.5. The van der Waals surface area contributed by atoms with Crippen molar-refractivity contribution in [3.63, 3.8) is 0 Å². The van der Waals surface area contributed by atoms with Gasteiger partial charge in [-0.15, -0.1) is 0 Å². The van der Waals surface area contributed by atoms with Crippen molar-refractivity contribution in [1.82, 2.24) is 0 Å². The first-order valence-corrected chi connectivity index (χ1v) is 7.46. The molecule has 0 spiro atoms. The molecule has 1 heterocycles. The van der Waals surface area contributed by atoms with Crippen molar-refractivity contribution in [2.24, 2.45) is 11.3 Å². The molecular formula is C17H24O4. The van der Waals surface area contributed by atoms with Crippen molar-refractivity contribution in [3.8, 4) is 11.5 Å². The summed E-state index contributed by atoms with van der Waals surface area (Å²) in [4.78, 5) is 10.9. The van der Waals surface area contributed by atoms with Crippen molar-refractivity contribution in [3.05, 3.63) is 23.8 Å². The van der Waals surface area contributed by atoms with Crippen LogP contribution in [-0.2, 0) is 11.2 Å². The van der Waals surface area contributed by atoms with Gasteiger partial charge in [0, 0.05) is 5.92 Å². The maximum atomic E-state index is 10.9. The molecule has 0 fully saturated rings. The Balaban J connectivity index is 2.01. The molecule has 0 bridgehead atoms. The van der Waals surface area contributed by atoms with Gasteiger partial charge in [0.05, 0.1) is 19.6 Å². The SMILES string of the molecule is CC1COc2ccc(CCC(C)(C)CC(=O)O)cc2OC1. The fraction of sp³-hybridized carbons (Fsp3) is 0.588. The fourth-order valence-electron chi connectivity index (χ4n) is 2.43. The van der Waals surface area contributed by atoms with Gasteiger partial charge in [0.2, 0.25) is 0 Å². The van der Waals surface area contributed by atoms with Crippen LogP contribution in [0, 0.1) is 11.3 Å². The van der Waals surface area contributed by atoms with Crippen LogP contribution in [0.15, 0.2) is 18.2 Å². The molecule has 0 aliphatic carbocycles. The van der Waals surface area contributed by atoms with E-state index in [1.165, 1.54) is 0 Å². The molecule has 4 nitrogen and oxygen atoms in total. The molecule has 1 N–H and O–H groups in total. The minimum Gasteiger partial charge on any atom is -0.489 e. The fourth-order valence-corrected chi connectivity index (χ4v) is 2.43. The third kappa shape index (κ3) is 4.66. The van der Waals surface area contributed by atoms with Gasteiger partial charge in [-0.05, 0) is 36.0 Å². The van der Waals surface area contributed by atoms with Crippen LogP contribution in [0.2, 0.25) is 0 Å². The lowest BCUT2D eigenvalue weighted by Gasteiger charge is -2.22. The third-order valence-corrected chi connectivity index (χ3v) is 3.78. The first kappa shape index (κ1) is 15.7. The van der Waals surface area contributed by atoms with Gasteiger partial charge < -0.3 is 14.6 Å². The molecule has 2 rings (SSSR count). The van der Waals surface area contributed by atoms with Gasteiger partial charge >= 0.3 is 5.97 Å². The first-order valence-electron chi connectivity index (χ1n) is 7.46. The number of hydrogen-bond donors (Lipinski definition) is 1. The summed E-state index contributed by atoms with van der Waals surface area (Å²) in [6.45, 7) is 7.43. The van der Waals surface area contributed by atoms with Gasteiger partial charge in [0.15, 0.2) is 11.5 Å². The van der Waals surface area contributed by atoms with E-state index in [2.05, 4.69) is 6.92 Å². The Hall–Kier alpha value is -1.71. The molecule has 1 atom stereocenters. The molecule has 1 aromatic carbocycles. The largest absolute Gasteiger partial charge is 0.489 e. The normalized spacial score (nSPS) is 18.1. The lowest BCUT2D eigenvalue weighted by atomic mass is 9.83. The van der Waals surface area contributed by atoms with E-state index < -0.39 is 5.97 Å². The maximum Gasteiger partial charge on any atom is 0.303 e. The molecule has 116 valence electrons. The third-order valence-electron chi connectivity index (χ3n) is 3.78. The summed E-state index contributed by atoms with van der Waals surface area (Å²) in [7, 11) is 0. The zero-order chi connectivity index (χ0) is 15.5. The number of aliphatic carboxylic acids is 1. The van der Waals surface area contributed by atoms with Crippen LogP contribution in [0.1, 0.15) is 39.2 Å². The number of benzene rings is 1. The van der Waals surface area contributed by atoms with E-state index >= 15 is 0 Å². The molecule has 0 aromatic heterocycles. The number of rotatable bonds is 5. The van der Waals surface area contributed by atoms with Gasteiger partial charge in [0.25, 0.3) is 0 Å². The van der Waals surface area contributed by atoms with Gasteiger partial charge in [-0.1, -0.05) is 26.8 Å². The molecule has 1 aromatic rings. The highest BCUT2D eigenvalue weighted by atomic mass is 16.5. The van der Waals surface area contributed by atoms with Crippen LogP contribution in [0.4, 0.5) is 0 Å². The topological polar surface area (TPSA) is 55.8 Å². The number of carbonyl (C=O) groups is 1. The predicted molar refractivity (Wildman–Crippen MR) is 81.0 cm³/mol. The van der Waals surface area contributed by atoms with Crippen molar-refractivity contribution < 1.29 is 19.4 Å². The Bertz CT molecular complexity index is 508. The number of carboxylic acids is 1. The summed E-state index contributed by atoms with van der Waals surface area (Å²) in [5.41, 5.74) is 0.954. The average molecular weight is 292 g/mol. The molecule has 21 heavy (non-hydrogen) atoms.